The van der Waals surface area contributed by atoms with Crippen LogP contribution in [0, 0.1) is 0 Å². The molecular formula is C16H23F2NO2. The Bertz CT molecular complexity index is 466. The van der Waals surface area contributed by atoms with Crippen molar-refractivity contribution in [3.05, 3.63) is 23.8 Å². The zero-order valence-electron chi connectivity index (χ0n) is 12.7. The van der Waals surface area contributed by atoms with Crippen molar-refractivity contribution in [2.75, 3.05) is 33.4 Å². The van der Waals surface area contributed by atoms with E-state index in [-0.39, 0.29) is 13.0 Å². The molecule has 0 bridgehead atoms. The lowest BCUT2D eigenvalue weighted by atomic mass is 10.1. The molecule has 5 heteroatoms. The standard InChI is InChI=1S/C16H23F2NO2/c1-3-21-14-7-6-13(11-15(14)20-2)5-4-9-19-10-8-16(17,18)12-19/h6-7,11H,3-5,8-10,12H2,1-2H3. The van der Waals surface area contributed by atoms with Crippen molar-refractivity contribution in [2.24, 2.45) is 0 Å². The molecule has 0 aromatic heterocycles. The summed E-state index contributed by atoms with van der Waals surface area (Å²) in [6, 6.07) is 5.87. The highest BCUT2D eigenvalue weighted by Gasteiger charge is 2.37. The lowest BCUT2D eigenvalue weighted by Gasteiger charge is -2.15. The van der Waals surface area contributed by atoms with Crippen molar-refractivity contribution in [1.82, 2.24) is 4.90 Å². The molecule has 0 amide bonds. The Hall–Kier alpha value is -1.36. The predicted molar refractivity (Wildman–Crippen MR) is 78.5 cm³/mol. The average molecular weight is 299 g/mol. The zero-order valence-corrected chi connectivity index (χ0v) is 12.7. The number of likely N-dealkylation sites (tertiary alicyclic amines) is 1. The largest absolute Gasteiger partial charge is 0.493 e. The first-order valence-corrected chi connectivity index (χ1v) is 7.44. The molecule has 0 N–H and O–H groups in total. The van der Waals surface area contributed by atoms with E-state index in [1.807, 2.05) is 30.0 Å². The topological polar surface area (TPSA) is 21.7 Å². The second-order valence-corrected chi connectivity index (χ2v) is 5.40. The molecule has 0 atom stereocenters. The molecule has 1 saturated heterocycles. The number of ether oxygens (including phenoxy) is 2. The first-order chi connectivity index (χ1) is 10.0. The van der Waals surface area contributed by atoms with Gasteiger partial charge in [0.15, 0.2) is 11.5 Å². The Balaban J connectivity index is 1.83. The molecule has 0 radical (unpaired) electrons. The van der Waals surface area contributed by atoms with E-state index in [0.29, 0.717) is 19.7 Å². The fourth-order valence-electron chi connectivity index (χ4n) is 2.65. The predicted octanol–water partition coefficient (Wildman–Crippen LogP) is 3.37. The van der Waals surface area contributed by atoms with Crippen molar-refractivity contribution in [1.29, 1.82) is 0 Å². The van der Waals surface area contributed by atoms with E-state index in [9.17, 15) is 8.78 Å². The zero-order chi connectivity index (χ0) is 15.3. The molecule has 1 fully saturated rings. The third-order valence-corrected chi connectivity index (χ3v) is 3.72. The summed E-state index contributed by atoms with van der Waals surface area (Å²) in [4.78, 5) is 1.84. The van der Waals surface area contributed by atoms with E-state index in [1.54, 1.807) is 7.11 Å². The van der Waals surface area contributed by atoms with Gasteiger partial charge in [0.2, 0.25) is 0 Å². The van der Waals surface area contributed by atoms with E-state index in [1.165, 1.54) is 0 Å². The summed E-state index contributed by atoms with van der Waals surface area (Å²) in [5.74, 6) is -1.03. The minimum atomic E-state index is -2.50. The van der Waals surface area contributed by atoms with Gasteiger partial charge < -0.3 is 9.47 Å². The Morgan fingerprint density at radius 1 is 1.29 bits per heavy atom. The maximum absolute atomic E-state index is 13.1. The number of halogens is 2. The Morgan fingerprint density at radius 3 is 2.71 bits per heavy atom. The van der Waals surface area contributed by atoms with Crippen LogP contribution in [0.1, 0.15) is 25.3 Å². The third-order valence-electron chi connectivity index (χ3n) is 3.72. The van der Waals surface area contributed by atoms with Gasteiger partial charge in [-0.2, -0.15) is 0 Å². The van der Waals surface area contributed by atoms with Crippen LogP contribution in [-0.2, 0) is 6.42 Å². The number of alkyl halides is 2. The molecule has 1 aliphatic rings. The maximum Gasteiger partial charge on any atom is 0.261 e. The first kappa shape index (κ1) is 16.0. The number of benzene rings is 1. The van der Waals surface area contributed by atoms with Crippen LogP contribution < -0.4 is 9.47 Å². The van der Waals surface area contributed by atoms with Gasteiger partial charge in [-0.3, -0.25) is 4.90 Å². The fraction of sp³-hybridized carbons (Fsp3) is 0.625. The number of aryl methyl sites for hydroxylation is 1. The highest BCUT2D eigenvalue weighted by Crippen LogP contribution is 2.29. The molecule has 2 rings (SSSR count). The monoisotopic (exact) mass is 299 g/mol. The lowest BCUT2D eigenvalue weighted by Crippen LogP contribution is -2.26. The lowest BCUT2D eigenvalue weighted by molar-refractivity contribution is 0.0122. The van der Waals surface area contributed by atoms with Gasteiger partial charge >= 0.3 is 0 Å². The van der Waals surface area contributed by atoms with Crippen molar-refractivity contribution in [3.8, 4) is 11.5 Å². The van der Waals surface area contributed by atoms with Gasteiger partial charge in [0.05, 0.1) is 20.3 Å². The van der Waals surface area contributed by atoms with Crippen LogP contribution in [0.5, 0.6) is 11.5 Å². The summed E-state index contributed by atoms with van der Waals surface area (Å²) in [6.45, 7) is 3.64. The van der Waals surface area contributed by atoms with Gasteiger partial charge in [0.25, 0.3) is 5.92 Å². The Kier molecular flexibility index (Phi) is 5.39. The minimum absolute atomic E-state index is 0.0100. The van der Waals surface area contributed by atoms with Gasteiger partial charge in [0, 0.05) is 13.0 Å². The van der Waals surface area contributed by atoms with Gasteiger partial charge in [-0.1, -0.05) is 6.07 Å². The van der Waals surface area contributed by atoms with Crippen molar-refractivity contribution in [2.45, 2.75) is 32.1 Å². The number of hydrogen-bond donors (Lipinski definition) is 0. The molecule has 1 aromatic carbocycles. The van der Waals surface area contributed by atoms with Crippen molar-refractivity contribution >= 4 is 0 Å². The van der Waals surface area contributed by atoms with Crippen LogP contribution in [-0.4, -0.2) is 44.2 Å². The summed E-state index contributed by atoms with van der Waals surface area (Å²) in [5, 5.41) is 0. The molecule has 1 aromatic rings. The summed E-state index contributed by atoms with van der Waals surface area (Å²) in [7, 11) is 1.62. The van der Waals surface area contributed by atoms with Gasteiger partial charge in [-0.15, -0.1) is 0 Å². The van der Waals surface area contributed by atoms with Crippen LogP contribution in [0.4, 0.5) is 8.78 Å². The number of hydrogen-bond acceptors (Lipinski definition) is 3. The van der Waals surface area contributed by atoms with E-state index in [2.05, 4.69) is 0 Å². The molecule has 1 heterocycles. The van der Waals surface area contributed by atoms with Gasteiger partial charge in [-0.25, -0.2) is 8.78 Å². The minimum Gasteiger partial charge on any atom is -0.493 e. The molecule has 0 unspecified atom stereocenters. The van der Waals surface area contributed by atoms with Crippen LogP contribution in [0.2, 0.25) is 0 Å². The Morgan fingerprint density at radius 2 is 2.10 bits per heavy atom. The molecule has 1 aliphatic heterocycles. The normalized spacial score (nSPS) is 17.9. The second-order valence-electron chi connectivity index (χ2n) is 5.40. The van der Waals surface area contributed by atoms with E-state index in [4.69, 9.17) is 9.47 Å². The Labute approximate surface area is 124 Å². The van der Waals surface area contributed by atoms with E-state index < -0.39 is 5.92 Å². The number of nitrogens with zero attached hydrogens (tertiary/aromatic N) is 1. The van der Waals surface area contributed by atoms with Crippen LogP contribution >= 0.6 is 0 Å². The quantitative estimate of drug-likeness (QED) is 0.770. The molecule has 21 heavy (non-hydrogen) atoms. The third kappa shape index (κ3) is 4.56. The fourth-order valence-corrected chi connectivity index (χ4v) is 2.65. The summed E-state index contributed by atoms with van der Waals surface area (Å²) in [6.07, 6.45) is 1.71. The van der Waals surface area contributed by atoms with Crippen LogP contribution in [0.3, 0.4) is 0 Å². The van der Waals surface area contributed by atoms with Crippen LogP contribution in [0.25, 0.3) is 0 Å². The SMILES string of the molecule is CCOc1ccc(CCCN2CCC(F)(F)C2)cc1OC. The number of rotatable bonds is 7. The molecule has 118 valence electrons. The molecule has 3 nitrogen and oxygen atoms in total. The molecule has 0 aliphatic carbocycles. The van der Waals surface area contributed by atoms with E-state index >= 15 is 0 Å². The molecular weight excluding hydrogens is 276 g/mol. The second kappa shape index (κ2) is 7.07. The highest BCUT2D eigenvalue weighted by molar-refractivity contribution is 5.43. The van der Waals surface area contributed by atoms with E-state index in [0.717, 1.165) is 29.9 Å². The highest BCUT2D eigenvalue weighted by atomic mass is 19.3. The van der Waals surface area contributed by atoms with Gasteiger partial charge in [-0.05, 0) is 44.0 Å². The smallest absolute Gasteiger partial charge is 0.261 e. The maximum atomic E-state index is 13.1. The number of methoxy groups -OCH3 is 1. The molecule has 0 spiro atoms. The van der Waals surface area contributed by atoms with Crippen LogP contribution in [0.15, 0.2) is 18.2 Å². The average Bonchev–Trinajstić information content (AvgIpc) is 2.80. The summed E-state index contributed by atoms with van der Waals surface area (Å²) >= 11 is 0. The van der Waals surface area contributed by atoms with Gasteiger partial charge in [0.1, 0.15) is 0 Å². The summed E-state index contributed by atoms with van der Waals surface area (Å²) < 4.78 is 37.0. The summed E-state index contributed by atoms with van der Waals surface area (Å²) in [5.41, 5.74) is 1.14. The van der Waals surface area contributed by atoms with Crippen molar-refractivity contribution < 1.29 is 18.3 Å². The first-order valence-electron chi connectivity index (χ1n) is 7.44. The molecule has 0 saturated carbocycles. The van der Waals surface area contributed by atoms with Crippen molar-refractivity contribution in [3.63, 3.8) is 0 Å².